The summed E-state index contributed by atoms with van der Waals surface area (Å²) in [5, 5.41) is 5.27. The summed E-state index contributed by atoms with van der Waals surface area (Å²) in [6.45, 7) is 1.13. The molecule has 0 bridgehead atoms. The fraction of sp³-hybridized carbons (Fsp3) is 0.364. The molecule has 0 radical (unpaired) electrons. The van der Waals surface area contributed by atoms with E-state index in [2.05, 4.69) is 10.6 Å². The third-order valence-corrected chi connectivity index (χ3v) is 1.97. The number of carbonyl (C=O) groups excluding carboxylic acids is 1. The number of benzene rings is 1. The Labute approximate surface area is 98.0 Å². The van der Waals surface area contributed by atoms with Crippen LogP contribution in [0.4, 0.5) is 14.5 Å². The maximum Gasteiger partial charge on any atom is 0.238 e. The predicted molar refractivity (Wildman–Crippen MR) is 59.7 cm³/mol. The topological polar surface area (TPSA) is 50.4 Å². The van der Waals surface area contributed by atoms with Crippen molar-refractivity contribution in [3.63, 3.8) is 0 Å². The standard InChI is InChI=1S/C11H14F2N2O2/c1-17-5-4-14-7-11(16)15-8-2-3-9(12)10(13)6-8/h2-3,6,14H,4-5,7H2,1H3,(H,15,16). The molecule has 1 rings (SSSR count). The van der Waals surface area contributed by atoms with Crippen molar-refractivity contribution in [2.75, 3.05) is 32.1 Å². The van der Waals surface area contributed by atoms with Crippen LogP contribution < -0.4 is 10.6 Å². The number of nitrogens with one attached hydrogen (secondary N) is 2. The average molecular weight is 244 g/mol. The smallest absolute Gasteiger partial charge is 0.238 e. The minimum absolute atomic E-state index is 0.0857. The SMILES string of the molecule is COCCNCC(=O)Nc1ccc(F)c(F)c1. The highest BCUT2D eigenvalue weighted by molar-refractivity contribution is 5.92. The van der Waals surface area contributed by atoms with Crippen LogP contribution in [0.1, 0.15) is 0 Å². The number of hydrogen-bond acceptors (Lipinski definition) is 3. The fourth-order valence-electron chi connectivity index (χ4n) is 1.16. The molecule has 0 aliphatic heterocycles. The van der Waals surface area contributed by atoms with E-state index in [-0.39, 0.29) is 18.1 Å². The molecule has 4 nitrogen and oxygen atoms in total. The van der Waals surface area contributed by atoms with Gasteiger partial charge in [-0.3, -0.25) is 4.79 Å². The van der Waals surface area contributed by atoms with E-state index in [1.54, 1.807) is 7.11 Å². The summed E-state index contributed by atoms with van der Waals surface area (Å²) in [6, 6.07) is 3.19. The van der Waals surface area contributed by atoms with E-state index in [9.17, 15) is 13.6 Å². The van der Waals surface area contributed by atoms with E-state index in [0.29, 0.717) is 13.2 Å². The third kappa shape index (κ3) is 4.88. The molecule has 0 unspecified atom stereocenters. The van der Waals surface area contributed by atoms with Crippen LogP contribution in [-0.4, -0.2) is 32.7 Å². The number of carbonyl (C=O) groups is 1. The van der Waals surface area contributed by atoms with Gasteiger partial charge in [0.2, 0.25) is 5.91 Å². The van der Waals surface area contributed by atoms with Gasteiger partial charge in [0.25, 0.3) is 0 Å². The Balaban J connectivity index is 2.37. The van der Waals surface area contributed by atoms with Crippen LogP contribution in [0.3, 0.4) is 0 Å². The number of rotatable bonds is 6. The van der Waals surface area contributed by atoms with Gasteiger partial charge in [0.05, 0.1) is 13.2 Å². The Kier molecular flexibility index (Phi) is 5.51. The van der Waals surface area contributed by atoms with Gasteiger partial charge in [-0.2, -0.15) is 0 Å². The first-order chi connectivity index (χ1) is 8.13. The molecular formula is C11H14F2N2O2. The lowest BCUT2D eigenvalue weighted by Gasteiger charge is -2.06. The van der Waals surface area contributed by atoms with Gasteiger partial charge in [-0.1, -0.05) is 0 Å². The molecule has 0 aliphatic rings. The molecule has 0 saturated heterocycles. The number of anilines is 1. The second-order valence-electron chi connectivity index (χ2n) is 3.35. The summed E-state index contributed by atoms with van der Waals surface area (Å²) in [6.07, 6.45) is 0. The molecule has 0 saturated carbocycles. The Morgan fingerprint density at radius 2 is 2.12 bits per heavy atom. The van der Waals surface area contributed by atoms with Crippen molar-refractivity contribution in [1.82, 2.24) is 5.32 Å². The summed E-state index contributed by atoms with van der Waals surface area (Å²) in [7, 11) is 1.56. The third-order valence-electron chi connectivity index (χ3n) is 1.97. The highest BCUT2D eigenvalue weighted by Gasteiger charge is 2.05. The Morgan fingerprint density at radius 3 is 2.76 bits per heavy atom. The molecular weight excluding hydrogens is 230 g/mol. The molecule has 17 heavy (non-hydrogen) atoms. The number of amides is 1. The van der Waals surface area contributed by atoms with Gasteiger partial charge in [0.1, 0.15) is 0 Å². The van der Waals surface area contributed by atoms with Crippen LogP contribution in [0.5, 0.6) is 0 Å². The first-order valence-corrected chi connectivity index (χ1v) is 5.08. The minimum Gasteiger partial charge on any atom is -0.383 e. The van der Waals surface area contributed by atoms with Crippen molar-refractivity contribution in [2.45, 2.75) is 0 Å². The normalized spacial score (nSPS) is 10.3. The quantitative estimate of drug-likeness (QED) is 0.738. The van der Waals surface area contributed by atoms with E-state index < -0.39 is 11.6 Å². The highest BCUT2D eigenvalue weighted by atomic mass is 19.2. The molecule has 0 aromatic heterocycles. The van der Waals surface area contributed by atoms with Crippen LogP contribution in [0.2, 0.25) is 0 Å². The fourth-order valence-corrected chi connectivity index (χ4v) is 1.16. The number of hydrogen-bond donors (Lipinski definition) is 2. The summed E-state index contributed by atoms with van der Waals surface area (Å²) in [4.78, 5) is 11.3. The predicted octanol–water partition coefficient (Wildman–Crippen LogP) is 1.14. The maximum absolute atomic E-state index is 12.8. The van der Waals surface area contributed by atoms with E-state index >= 15 is 0 Å². The summed E-state index contributed by atoms with van der Waals surface area (Å²) in [5.74, 6) is -2.26. The van der Waals surface area contributed by atoms with Crippen molar-refractivity contribution in [3.8, 4) is 0 Å². The summed E-state index contributed by atoms with van der Waals surface area (Å²) >= 11 is 0. The molecule has 1 amide bonds. The number of ether oxygens (including phenoxy) is 1. The van der Waals surface area contributed by atoms with Crippen LogP contribution in [-0.2, 0) is 9.53 Å². The Morgan fingerprint density at radius 1 is 1.35 bits per heavy atom. The van der Waals surface area contributed by atoms with Crippen molar-refractivity contribution in [3.05, 3.63) is 29.8 Å². The van der Waals surface area contributed by atoms with Gasteiger partial charge in [-0.25, -0.2) is 8.78 Å². The van der Waals surface area contributed by atoms with Gasteiger partial charge < -0.3 is 15.4 Å². The van der Waals surface area contributed by atoms with Gasteiger partial charge >= 0.3 is 0 Å². The minimum atomic E-state index is -0.991. The first kappa shape index (κ1) is 13.5. The lowest BCUT2D eigenvalue weighted by atomic mass is 10.3. The highest BCUT2D eigenvalue weighted by Crippen LogP contribution is 2.12. The molecule has 0 aliphatic carbocycles. The van der Waals surface area contributed by atoms with Crippen molar-refractivity contribution in [2.24, 2.45) is 0 Å². The van der Waals surface area contributed by atoms with Crippen LogP contribution in [0, 0.1) is 11.6 Å². The number of halogens is 2. The zero-order chi connectivity index (χ0) is 12.7. The van der Waals surface area contributed by atoms with Crippen LogP contribution >= 0.6 is 0 Å². The zero-order valence-electron chi connectivity index (χ0n) is 9.43. The van der Waals surface area contributed by atoms with Crippen molar-refractivity contribution >= 4 is 11.6 Å². The van der Waals surface area contributed by atoms with E-state index in [4.69, 9.17) is 4.74 Å². The summed E-state index contributed by atoms with van der Waals surface area (Å²) < 4.78 is 30.2. The van der Waals surface area contributed by atoms with Crippen molar-refractivity contribution in [1.29, 1.82) is 0 Å². The number of methoxy groups -OCH3 is 1. The molecule has 0 spiro atoms. The summed E-state index contributed by atoms with van der Waals surface area (Å²) in [5.41, 5.74) is 0.224. The molecule has 0 fully saturated rings. The van der Waals surface area contributed by atoms with Crippen LogP contribution in [0.15, 0.2) is 18.2 Å². The first-order valence-electron chi connectivity index (χ1n) is 5.08. The molecule has 0 heterocycles. The van der Waals surface area contributed by atoms with E-state index in [1.807, 2.05) is 0 Å². The van der Waals surface area contributed by atoms with Gasteiger partial charge in [0.15, 0.2) is 11.6 Å². The van der Waals surface area contributed by atoms with E-state index in [1.165, 1.54) is 6.07 Å². The average Bonchev–Trinajstić information content (AvgIpc) is 2.30. The van der Waals surface area contributed by atoms with Crippen molar-refractivity contribution < 1.29 is 18.3 Å². The second-order valence-corrected chi connectivity index (χ2v) is 3.35. The maximum atomic E-state index is 12.8. The zero-order valence-corrected chi connectivity index (χ0v) is 9.43. The van der Waals surface area contributed by atoms with Gasteiger partial charge in [-0.05, 0) is 12.1 Å². The Hall–Kier alpha value is -1.53. The monoisotopic (exact) mass is 244 g/mol. The molecule has 1 aromatic carbocycles. The molecule has 6 heteroatoms. The second kappa shape index (κ2) is 6.93. The largest absolute Gasteiger partial charge is 0.383 e. The van der Waals surface area contributed by atoms with E-state index in [0.717, 1.165) is 12.1 Å². The molecule has 0 atom stereocenters. The lowest BCUT2D eigenvalue weighted by molar-refractivity contribution is -0.115. The molecule has 94 valence electrons. The van der Waals surface area contributed by atoms with Crippen LogP contribution in [0.25, 0.3) is 0 Å². The van der Waals surface area contributed by atoms with Gasteiger partial charge in [0, 0.05) is 25.4 Å². The molecule has 2 N–H and O–H groups in total. The van der Waals surface area contributed by atoms with Gasteiger partial charge in [-0.15, -0.1) is 0 Å². The molecule has 1 aromatic rings. The lowest BCUT2D eigenvalue weighted by Crippen LogP contribution is -2.30. The Bertz CT molecular complexity index is 386.